The summed E-state index contributed by atoms with van der Waals surface area (Å²) in [5, 5.41) is 12.2. The predicted molar refractivity (Wildman–Crippen MR) is 108 cm³/mol. The van der Waals surface area contributed by atoms with Crippen molar-refractivity contribution in [2.75, 3.05) is 18.6 Å². The fourth-order valence-corrected chi connectivity index (χ4v) is 3.65. The maximum absolute atomic E-state index is 12.9. The highest BCUT2D eigenvalue weighted by Gasteiger charge is 2.33. The van der Waals surface area contributed by atoms with Crippen molar-refractivity contribution in [2.24, 2.45) is 0 Å². The van der Waals surface area contributed by atoms with E-state index in [4.69, 9.17) is 4.74 Å². The van der Waals surface area contributed by atoms with Gasteiger partial charge in [-0.1, -0.05) is 30.3 Å². The van der Waals surface area contributed by atoms with Crippen molar-refractivity contribution in [1.29, 1.82) is 0 Å². The van der Waals surface area contributed by atoms with Gasteiger partial charge < -0.3 is 20.1 Å². The van der Waals surface area contributed by atoms with Crippen LogP contribution in [0.1, 0.15) is 30.9 Å². The van der Waals surface area contributed by atoms with E-state index in [-0.39, 0.29) is 18.9 Å². The normalized spacial score (nSPS) is 15.2. The van der Waals surface area contributed by atoms with Crippen molar-refractivity contribution in [1.82, 2.24) is 5.32 Å². The molecule has 1 aliphatic rings. The van der Waals surface area contributed by atoms with E-state index in [0.29, 0.717) is 24.2 Å². The number of carboxylic acid groups (broad SMARTS) is 1. The van der Waals surface area contributed by atoms with Crippen LogP contribution in [-0.2, 0) is 26.3 Å². The van der Waals surface area contributed by atoms with Gasteiger partial charge >= 0.3 is 5.97 Å². The number of nitrogens with zero attached hydrogens (tertiary/aromatic N) is 1. The predicted octanol–water partition coefficient (Wildman–Crippen LogP) is 2.48. The molecule has 0 spiro atoms. The summed E-state index contributed by atoms with van der Waals surface area (Å²) in [4.78, 5) is 38.2. The van der Waals surface area contributed by atoms with Crippen LogP contribution in [0.2, 0.25) is 0 Å². The number of methoxy groups -OCH3 is 1. The Morgan fingerprint density at radius 1 is 1.17 bits per heavy atom. The summed E-state index contributed by atoms with van der Waals surface area (Å²) in [6.45, 7) is 1.48. The summed E-state index contributed by atoms with van der Waals surface area (Å²) in [6, 6.07) is 14.4. The van der Waals surface area contributed by atoms with Gasteiger partial charge in [-0.2, -0.15) is 0 Å². The van der Waals surface area contributed by atoms with E-state index in [1.54, 1.807) is 31.2 Å². The Morgan fingerprint density at radius 2 is 1.93 bits per heavy atom. The Morgan fingerprint density at radius 3 is 2.66 bits per heavy atom. The van der Waals surface area contributed by atoms with Gasteiger partial charge in [-0.3, -0.25) is 14.4 Å². The number of hydrogen-bond donors (Lipinski definition) is 2. The highest BCUT2D eigenvalue weighted by atomic mass is 16.5. The van der Waals surface area contributed by atoms with Gasteiger partial charge in [-0.25, -0.2) is 0 Å². The summed E-state index contributed by atoms with van der Waals surface area (Å²) >= 11 is 0. The van der Waals surface area contributed by atoms with Crippen molar-refractivity contribution in [3.8, 4) is 5.75 Å². The molecule has 152 valence electrons. The summed E-state index contributed by atoms with van der Waals surface area (Å²) in [5.41, 5.74) is 1.19. The molecule has 0 fully saturated rings. The fraction of sp³-hybridized carbons (Fsp3) is 0.318. The van der Waals surface area contributed by atoms with Gasteiger partial charge in [0, 0.05) is 12.1 Å². The highest BCUT2D eigenvalue weighted by Crippen LogP contribution is 2.29. The zero-order valence-electron chi connectivity index (χ0n) is 16.5. The molecule has 0 radical (unpaired) electrons. The topological polar surface area (TPSA) is 95.9 Å². The van der Waals surface area contributed by atoms with Crippen LogP contribution in [-0.4, -0.2) is 36.5 Å². The summed E-state index contributed by atoms with van der Waals surface area (Å²) < 4.78 is 5.22. The molecule has 0 saturated heterocycles. The van der Waals surface area contributed by atoms with E-state index in [9.17, 15) is 19.5 Å². The van der Waals surface area contributed by atoms with Gasteiger partial charge in [-0.05, 0) is 42.7 Å². The third-order valence-electron chi connectivity index (χ3n) is 5.12. The molecule has 7 nitrogen and oxygen atoms in total. The van der Waals surface area contributed by atoms with Crippen LogP contribution in [0, 0.1) is 0 Å². The Kier molecular flexibility index (Phi) is 5.87. The van der Waals surface area contributed by atoms with E-state index in [0.717, 1.165) is 11.3 Å². The number of para-hydroxylation sites is 1. The molecule has 3 rings (SSSR count). The lowest BCUT2D eigenvalue weighted by molar-refractivity contribution is -0.139. The van der Waals surface area contributed by atoms with Crippen LogP contribution in [0.5, 0.6) is 5.75 Å². The second-order valence-corrected chi connectivity index (χ2v) is 7.29. The van der Waals surface area contributed by atoms with Crippen LogP contribution < -0.4 is 15.0 Å². The summed E-state index contributed by atoms with van der Waals surface area (Å²) in [7, 11) is 1.52. The minimum Gasteiger partial charge on any atom is -0.497 e. The van der Waals surface area contributed by atoms with Crippen LogP contribution in [0.4, 0.5) is 5.69 Å². The average Bonchev–Trinajstić information content (AvgIpc) is 2.69. The highest BCUT2D eigenvalue weighted by molar-refractivity contribution is 6.01. The number of aliphatic carboxylic acids is 1. The zero-order chi connectivity index (χ0) is 21.0. The number of hydrogen-bond acceptors (Lipinski definition) is 4. The van der Waals surface area contributed by atoms with Gasteiger partial charge in [0.2, 0.25) is 11.8 Å². The van der Waals surface area contributed by atoms with E-state index in [1.807, 2.05) is 24.3 Å². The van der Waals surface area contributed by atoms with Crippen molar-refractivity contribution >= 4 is 23.5 Å². The molecule has 29 heavy (non-hydrogen) atoms. The van der Waals surface area contributed by atoms with Crippen LogP contribution in [0.15, 0.2) is 48.5 Å². The first kappa shape index (κ1) is 20.4. The molecule has 0 saturated carbocycles. The fourth-order valence-electron chi connectivity index (χ4n) is 3.65. The number of nitrogens with one attached hydrogen (secondary N) is 1. The van der Waals surface area contributed by atoms with Crippen molar-refractivity contribution in [2.45, 2.75) is 31.7 Å². The second-order valence-electron chi connectivity index (χ2n) is 7.29. The first-order valence-corrected chi connectivity index (χ1v) is 9.38. The molecule has 2 N–H and O–H groups in total. The lowest BCUT2D eigenvalue weighted by Crippen LogP contribution is -2.50. The number of carbonyl (C=O) groups excluding carboxylic acids is 2. The molecule has 2 aromatic rings. The van der Waals surface area contributed by atoms with Crippen molar-refractivity contribution in [3.05, 3.63) is 59.7 Å². The molecule has 2 amide bonds. The molecule has 0 aliphatic carbocycles. The Hall–Kier alpha value is -3.35. The standard InChI is InChI=1S/C22H24N2O5/c1-22(13-21(27)28,16-7-5-8-17(12-16)29-2)23-19(25)14-24-18-9-4-3-6-15(18)10-11-20(24)26/h3-9,12H,10-11,13-14H2,1-2H3,(H,23,25)(H,27,28). The maximum Gasteiger partial charge on any atom is 0.306 e. The molecule has 0 bridgehead atoms. The SMILES string of the molecule is COc1cccc(C(C)(CC(=O)O)NC(=O)CN2C(=O)CCc3ccccc32)c1. The van der Waals surface area contributed by atoms with E-state index in [2.05, 4.69) is 5.32 Å². The minimum atomic E-state index is -1.16. The van der Waals surface area contributed by atoms with Gasteiger partial charge in [-0.15, -0.1) is 0 Å². The Balaban J connectivity index is 1.84. The van der Waals surface area contributed by atoms with Gasteiger partial charge in [0.05, 0.1) is 19.1 Å². The van der Waals surface area contributed by atoms with E-state index < -0.39 is 17.4 Å². The largest absolute Gasteiger partial charge is 0.497 e. The zero-order valence-corrected chi connectivity index (χ0v) is 16.5. The number of amides is 2. The summed E-state index contributed by atoms with van der Waals surface area (Å²) in [6.07, 6.45) is 0.677. The van der Waals surface area contributed by atoms with Crippen molar-refractivity contribution in [3.63, 3.8) is 0 Å². The Labute approximate surface area is 169 Å². The quantitative estimate of drug-likeness (QED) is 0.750. The number of carbonyl (C=O) groups is 3. The van der Waals surface area contributed by atoms with Gasteiger partial charge in [0.25, 0.3) is 0 Å². The third-order valence-corrected chi connectivity index (χ3v) is 5.12. The van der Waals surface area contributed by atoms with Gasteiger partial charge in [0.15, 0.2) is 0 Å². The van der Waals surface area contributed by atoms with Crippen molar-refractivity contribution < 1.29 is 24.2 Å². The molecule has 2 aromatic carbocycles. The molecular formula is C22H24N2O5. The minimum absolute atomic E-state index is 0.125. The third kappa shape index (κ3) is 4.56. The van der Waals surface area contributed by atoms with E-state index >= 15 is 0 Å². The number of benzene rings is 2. The number of rotatable bonds is 7. The molecular weight excluding hydrogens is 372 g/mol. The Bertz CT molecular complexity index is 942. The maximum atomic E-state index is 12.9. The molecule has 1 heterocycles. The number of aryl methyl sites for hydroxylation is 1. The molecule has 1 unspecified atom stereocenters. The van der Waals surface area contributed by atoms with Crippen LogP contribution in [0.3, 0.4) is 0 Å². The van der Waals surface area contributed by atoms with Crippen LogP contribution >= 0.6 is 0 Å². The molecule has 1 atom stereocenters. The number of ether oxygens (including phenoxy) is 1. The van der Waals surface area contributed by atoms with E-state index in [1.165, 1.54) is 12.0 Å². The van der Waals surface area contributed by atoms with Gasteiger partial charge in [0.1, 0.15) is 12.3 Å². The monoisotopic (exact) mass is 396 g/mol. The summed E-state index contributed by atoms with van der Waals surface area (Å²) in [5.74, 6) is -1.04. The molecule has 1 aliphatic heterocycles. The number of fused-ring (bicyclic) bond motifs is 1. The first-order chi connectivity index (χ1) is 13.8. The lowest BCUT2D eigenvalue weighted by atomic mass is 9.88. The lowest BCUT2D eigenvalue weighted by Gasteiger charge is -2.33. The molecule has 7 heteroatoms. The number of carboxylic acids is 1. The first-order valence-electron chi connectivity index (χ1n) is 9.38. The second kappa shape index (κ2) is 8.34. The van der Waals surface area contributed by atoms with Crippen LogP contribution in [0.25, 0.3) is 0 Å². The molecule has 0 aromatic heterocycles. The number of anilines is 1. The smallest absolute Gasteiger partial charge is 0.306 e. The average molecular weight is 396 g/mol.